The number of nitrogens with one attached hydrogen (secondary N) is 1. The molecule has 2 fully saturated rings. The molecule has 8 heteroatoms. The molecule has 1 aliphatic carbocycles. The average molecular weight is 409 g/mol. The molecule has 2 aliphatic rings. The lowest BCUT2D eigenvalue weighted by Gasteiger charge is -2.36. The van der Waals surface area contributed by atoms with Gasteiger partial charge in [-0.25, -0.2) is 19.3 Å². The van der Waals surface area contributed by atoms with Crippen molar-refractivity contribution in [1.29, 1.82) is 0 Å². The second-order valence-electron chi connectivity index (χ2n) is 7.71. The number of hydrogen-bond donors (Lipinski definition) is 1. The van der Waals surface area contributed by atoms with Crippen LogP contribution in [0, 0.1) is 5.82 Å². The third-order valence-corrected chi connectivity index (χ3v) is 5.96. The quantitative estimate of drug-likeness (QED) is 0.701. The Morgan fingerprint density at radius 3 is 2.50 bits per heavy atom. The maximum Gasteiger partial charge on any atom is 0.222 e. The van der Waals surface area contributed by atoms with Gasteiger partial charge in [0.2, 0.25) is 5.95 Å². The van der Waals surface area contributed by atoms with E-state index in [2.05, 4.69) is 19.9 Å². The van der Waals surface area contributed by atoms with E-state index >= 15 is 0 Å². The monoisotopic (exact) mass is 409 g/mol. The fourth-order valence-corrected chi connectivity index (χ4v) is 4.43. The lowest BCUT2D eigenvalue weighted by molar-refractivity contribution is -0.181. The Hall–Kier alpha value is -2.84. The van der Waals surface area contributed by atoms with E-state index in [4.69, 9.17) is 14.5 Å². The molecule has 3 aromatic rings. The van der Waals surface area contributed by atoms with E-state index in [1.165, 1.54) is 12.1 Å². The Morgan fingerprint density at radius 1 is 1.07 bits per heavy atom. The van der Waals surface area contributed by atoms with Crippen molar-refractivity contribution in [3.8, 4) is 22.6 Å². The predicted octanol–water partition coefficient (Wildman–Crippen LogP) is 4.05. The first-order valence-electron chi connectivity index (χ1n) is 10.3. The zero-order valence-corrected chi connectivity index (χ0v) is 16.8. The van der Waals surface area contributed by atoms with Gasteiger partial charge in [-0.05, 0) is 43.2 Å². The highest BCUT2D eigenvalue weighted by Crippen LogP contribution is 2.43. The molecular weight excluding hydrogens is 385 g/mol. The molecule has 1 saturated heterocycles. The van der Waals surface area contributed by atoms with Crippen molar-refractivity contribution >= 4 is 5.95 Å². The molecule has 5 rings (SSSR count). The molecule has 3 heterocycles. The van der Waals surface area contributed by atoms with Crippen LogP contribution in [-0.2, 0) is 9.47 Å². The third kappa shape index (κ3) is 3.46. The van der Waals surface area contributed by atoms with E-state index in [1.54, 1.807) is 25.4 Å². The minimum atomic E-state index is -0.411. The van der Waals surface area contributed by atoms with E-state index < -0.39 is 5.79 Å². The van der Waals surface area contributed by atoms with Gasteiger partial charge in [0.1, 0.15) is 5.82 Å². The average Bonchev–Trinajstić information content (AvgIpc) is 3.43. The van der Waals surface area contributed by atoms with Crippen LogP contribution in [0.15, 0.2) is 42.9 Å². The Balaban J connectivity index is 1.55. The highest BCUT2D eigenvalue weighted by Gasteiger charge is 2.41. The molecule has 156 valence electrons. The number of imidazole rings is 1. The first-order valence-corrected chi connectivity index (χ1v) is 10.3. The SMILES string of the molecule is CNc1nccc(-c2c(-c3ccc(F)cc3)ncn2C2CCC3(CC2)OCCO3)n1. The van der Waals surface area contributed by atoms with Gasteiger partial charge in [-0.3, -0.25) is 0 Å². The molecule has 0 unspecified atom stereocenters. The number of nitrogens with zero attached hydrogens (tertiary/aromatic N) is 4. The Morgan fingerprint density at radius 2 is 1.80 bits per heavy atom. The lowest BCUT2D eigenvalue weighted by atomic mass is 9.89. The van der Waals surface area contributed by atoms with Gasteiger partial charge in [0.25, 0.3) is 0 Å². The summed E-state index contributed by atoms with van der Waals surface area (Å²) in [7, 11) is 1.79. The molecule has 30 heavy (non-hydrogen) atoms. The van der Waals surface area contributed by atoms with Crippen LogP contribution in [0.25, 0.3) is 22.6 Å². The summed E-state index contributed by atoms with van der Waals surface area (Å²) in [4.78, 5) is 13.6. The smallest absolute Gasteiger partial charge is 0.222 e. The number of rotatable bonds is 4. The van der Waals surface area contributed by atoms with Gasteiger partial charge >= 0.3 is 0 Å². The van der Waals surface area contributed by atoms with Crippen molar-refractivity contribution in [3.63, 3.8) is 0 Å². The van der Waals surface area contributed by atoms with Crippen molar-refractivity contribution in [3.05, 3.63) is 48.7 Å². The summed E-state index contributed by atoms with van der Waals surface area (Å²) < 4.78 is 27.5. The second-order valence-corrected chi connectivity index (χ2v) is 7.71. The molecule has 2 aromatic heterocycles. The summed E-state index contributed by atoms with van der Waals surface area (Å²) in [6, 6.07) is 8.55. The molecule has 0 radical (unpaired) electrons. The van der Waals surface area contributed by atoms with Crippen LogP contribution in [0.2, 0.25) is 0 Å². The number of halogens is 1. The zero-order chi connectivity index (χ0) is 20.6. The fraction of sp³-hybridized carbons (Fsp3) is 0.409. The largest absolute Gasteiger partial charge is 0.357 e. The molecule has 0 atom stereocenters. The lowest BCUT2D eigenvalue weighted by Crippen LogP contribution is -2.35. The van der Waals surface area contributed by atoms with Gasteiger partial charge < -0.3 is 19.4 Å². The van der Waals surface area contributed by atoms with Crippen molar-refractivity contribution in [2.75, 3.05) is 25.6 Å². The van der Waals surface area contributed by atoms with Crippen molar-refractivity contribution in [2.24, 2.45) is 0 Å². The first-order chi connectivity index (χ1) is 14.7. The molecule has 1 spiro atoms. The molecule has 1 aliphatic heterocycles. The summed E-state index contributed by atoms with van der Waals surface area (Å²) in [6.45, 7) is 1.34. The summed E-state index contributed by atoms with van der Waals surface area (Å²) in [5.41, 5.74) is 3.32. The van der Waals surface area contributed by atoms with E-state index in [0.29, 0.717) is 19.2 Å². The molecular formula is C22H24FN5O2. The number of anilines is 1. The summed E-state index contributed by atoms with van der Waals surface area (Å²) in [5.74, 6) is -0.139. The van der Waals surface area contributed by atoms with Crippen LogP contribution in [0.1, 0.15) is 31.7 Å². The molecule has 0 bridgehead atoms. The van der Waals surface area contributed by atoms with E-state index in [-0.39, 0.29) is 11.9 Å². The van der Waals surface area contributed by atoms with Crippen molar-refractivity contribution in [1.82, 2.24) is 19.5 Å². The van der Waals surface area contributed by atoms with E-state index in [0.717, 1.165) is 48.3 Å². The molecule has 0 amide bonds. The minimum Gasteiger partial charge on any atom is -0.357 e. The van der Waals surface area contributed by atoms with Crippen LogP contribution in [0.3, 0.4) is 0 Å². The number of aromatic nitrogens is 4. The molecule has 1 aromatic carbocycles. The molecule has 7 nitrogen and oxygen atoms in total. The predicted molar refractivity (Wildman–Crippen MR) is 110 cm³/mol. The fourth-order valence-electron chi connectivity index (χ4n) is 4.43. The maximum absolute atomic E-state index is 13.5. The van der Waals surface area contributed by atoms with Gasteiger partial charge in [0, 0.05) is 37.7 Å². The topological polar surface area (TPSA) is 74.1 Å². The van der Waals surface area contributed by atoms with Crippen LogP contribution >= 0.6 is 0 Å². The van der Waals surface area contributed by atoms with Crippen LogP contribution in [0.5, 0.6) is 0 Å². The van der Waals surface area contributed by atoms with Gasteiger partial charge in [0.05, 0.1) is 36.6 Å². The van der Waals surface area contributed by atoms with Crippen LogP contribution < -0.4 is 5.32 Å². The van der Waals surface area contributed by atoms with Crippen molar-refractivity contribution in [2.45, 2.75) is 37.5 Å². The highest BCUT2D eigenvalue weighted by molar-refractivity contribution is 5.77. The van der Waals surface area contributed by atoms with E-state index in [9.17, 15) is 4.39 Å². The molecule has 1 saturated carbocycles. The number of benzene rings is 1. The maximum atomic E-state index is 13.5. The summed E-state index contributed by atoms with van der Waals surface area (Å²) >= 11 is 0. The Bertz CT molecular complexity index is 1020. The summed E-state index contributed by atoms with van der Waals surface area (Å²) in [6.07, 6.45) is 7.16. The molecule has 1 N–H and O–H groups in total. The highest BCUT2D eigenvalue weighted by atomic mass is 19.1. The van der Waals surface area contributed by atoms with Gasteiger partial charge in [-0.2, -0.15) is 0 Å². The van der Waals surface area contributed by atoms with Crippen LogP contribution in [-0.4, -0.2) is 45.6 Å². The minimum absolute atomic E-state index is 0.258. The summed E-state index contributed by atoms with van der Waals surface area (Å²) in [5, 5.41) is 2.99. The third-order valence-electron chi connectivity index (χ3n) is 5.96. The van der Waals surface area contributed by atoms with Gasteiger partial charge in [-0.1, -0.05) is 0 Å². The Labute approximate surface area is 174 Å². The van der Waals surface area contributed by atoms with Crippen LogP contribution in [0.4, 0.5) is 10.3 Å². The number of ether oxygens (including phenoxy) is 2. The van der Waals surface area contributed by atoms with Gasteiger partial charge in [-0.15, -0.1) is 0 Å². The number of hydrogen-bond acceptors (Lipinski definition) is 6. The first kappa shape index (κ1) is 19.1. The standard InChI is InChI=1S/C22H24FN5O2/c1-24-21-25-11-8-18(27-21)20-19(15-2-4-16(23)5-3-15)26-14-28(20)17-6-9-22(10-7-17)29-12-13-30-22/h2-5,8,11,14,17H,6-7,9-10,12-13H2,1H3,(H,24,25,27). The second kappa shape index (κ2) is 7.77. The Kier molecular flexibility index (Phi) is 4.96. The van der Waals surface area contributed by atoms with Gasteiger partial charge in [0.15, 0.2) is 5.79 Å². The van der Waals surface area contributed by atoms with Crippen molar-refractivity contribution < 1.29 is 13.9 Å². The normalized spacial score (nSPS) is 18.7. The zero-order valence-electron chi connectivity index (χ0n) is 16.8. The van der Waals surface area contributed by atoms with E-state index in [1.807, 2.05) is 12.4 Å².